The van der Waals surface area contributed by atoms with Crippen molar-refractivity contribution >= 4 is 11.9 Å². The zero-order chi connectivity index (χ0) is 18.0. The Bertz CT molecular complexity index is 646. The molecule has 0 saturated heterocycles. The topological polar surface area (TPSA) is 76.4 Å². The van der Waals surface area contributed by atoms with Gasteiger partial charge in [0.2, 0.25) is 0 Å². The number of hydrogen-bond acceptors (Lipinski definition) is 5. The number of hydrogen-bond donors (Lipinski definition) is 0. The van der Waals surface area contributed by atoms with E-state index in [1.807, 2.05) is 20.8 Å². The Labute approximate surface area is 141 Å². The first-order chi connectivity index (χ1) is 11.3. The molecule has 0 unspecified atom stereocenters. The molecule has 2 rings (SSSR count). The molecule has 5 heteroatoms. The van der Waals surface area contributed by atoms with E-state index in [9.17, 15) is 9.59 Å². The molecule has 2 aromatic rings. The van der Waals surface area contributed by atoms with Gasteiger partial charge in [-0.25, -0.2) is 19.4 Å². The maximum absolute atomic E-state index is 11.5. The van der Waals surface area contributed by atoms with E-state index in [2.05, 4.69) is 15.8 Å². The number of rotatable bonds is 2. The second-order valence-electron chi connectivity index (χ2n) is 5.84. The summed E-state index contributed by atoms with van der Waals surface area (Å²) in [5, 5.41) is 8.15. The summed E-state index contributed by atoms with van der Waals surface area (Å²) >= 11 is 0. The van der Waals surface area contributed by atoms with Crippen LogP contribution in [0.3, 0.4) is 0 Å². The lowest BCUT2D eigenvalue weighted by atomic mass is 10.0. The van der Waals surface area contributed by atoms with Crippen LogP contribution in [0, 0.1) is 16.7 Å². The molecule has 0 amide bonds. The SMILES string of the molecule is CC(C)(C)C#N.O=C(OOC(=O)c1ccccc1)c1ccccc1. The Morgan fingerprint density at radius 2 is 1.08 bits per heavy atom. The van der Waals surface area contributed by atoms with E-state index in [0.29, 0.717) is 11.1 Å². The van der Waals surface area contributed by atoms with Crippen LogP contribution in [0.4, 0.5) is 0 Å². The zero-order valence-electron chi connectivity index (χ0n) is 13.9. The second-order valence-corrected chi connectivity index (χ2v) is 5.84. The summed E-state index contributed by atoms with van der Waals surface area (Å²) in [6.45, 7) is 5.65. The van der Waals surface area contributed by atoms with Crippen molar-refractivity contribution in [1.29, 1.82) is 5.26 Å². The van der Waals surface area contributed by atoms with E-state index >= 15 is 0 Å². The van der Waals surface area contributed by atoms with Gasteiger partial charge in [0.15, 0.2) is 0 Å². The van der Waals surface area contributed by atoms with Crippen molar-refractivity contribution < 1.29 is 19.4 Å². The van der Waals surface area contributed by atoms with Gasteiger partial charge in [-0.15, -0.1) is 0 Å². The summed E-state index contributed by atoms with van der Waals surface area (Å²) in [6, 6.07) is 18.7. The van der Waals surface area contributed by atoms with Gasteiger partial charge in [-0.3, -0.25) is 0 Å². The lowest BCUT2D eigenvalue weighted by Gasteiger charge is -2.02. The fourth-order valence-electron chi connectivity index (χ4n) is 1.32. The van der Waals surface area contributed by atoms with Gasteiger partial charge in [0.05, 0.1) is 17.2 Å². The summed E-state index contributed by atoms with van der Waals surface area (Å²) < 4.78 is 0. The third-order valence-corrected chi connectivity index (χ3v) is 2.55. The van der Waals surface area contributed by atoms with Crippen molar-refractivity contribution in [3.8, 4) is 6.07 Å². The molecule has 5 nitrogen and oxygen atoms in total. The van der Waals surface area contributed by atoms with Gasteiger partial charge in [-0.05, 0) is 45.0 Å². The number of benzene rings is 2. The summed E-state index contributed by atoms with van der Waals surface area (Å²) in [7, 11) is 0. The largest absolute Gasteiger partial charge is 0.386 e. The van der Waals surface area contributed by atoms with Crippen molar-refractivity contribution in [2.24, 2.45) is 5.41 Å². The van der Waals surface area contributed by atoms with E-state index in [1.165, 1.54) is 0 Å². The van der Waals surface area contributed by atoms with Crippen LogP contribution in [0.2, 0.25) is 0 Å². The van der Waals surface area contributed by atoms with Crippen LogP contribution in [-0.2, 0) is 9.78 Å². The van der Waals surface area contributed by atoms with E-state index < -0.39 is 11.9 Å². The highest BCUT2D eigenvalue weighted by molar-refractivity contribution is 5.92. The summed E-state index contributed by atoms with van der Waals surface area (Å²) in [5.74, 6) is -1.42. The third kappa shape index (κ3) is 7.23. The number of carbonyl (C=O) groups excluding carboxylic acids is 2. The fraction of sp³-hybridized carbons (Fsp3) is 0.211. The Hall–Kier alpha value is -3.13. The molecule has 2 aromatic carbocycles. The van der Waals surface area contributed by atoms with Crippen LogP contribution < -0.4 is 0 Å². The molecule has 124 valence electrons. The number of nitrogens with zero attached hydrogens (tertiary/aromatic N) is 1. The Morgan fingerprint density at radius 1 is 0.792 bits per heavy atom. The monoisotopic (exact) mass is 325 g/mol. The third-order valence-electron chi connectivity index (χ3n) is 2.55. The highest BCUT2D eigenvalue weighted by Gasteiger charge is 2.13. The van der Waals surface area contributed by atoms with Crippen molar-refractivity contribution in [2.45, 2.75) is 20.8 Å². The molecular formula is C19H19NO4. The average molecular weight is 325 g/mol. The smallest absolute Gasteiger partial charge is 0.242 e. The molecule has 0 atom stereocenters. The molecule has 0 aliphatic carbocycles. The minimum absolute atomic E-state index is 0.153. The summed E-state index contributed by atoms with van der Waals surface area (Å²) in [5.41, 5.74) is 0.483. The number of nitriles is 1. The molecule has 0 fully saturated rings. The summed E-state index contributed by atoms with van der Waals surface area (Å²) in [4.78, 5) is 31.9. The molecular weight excluding hydrogens is 306 g/mol. The highest BCUT2D eigenvalue weighted by atomic mass is 17.2. The lowest BCUT2D eigenvalue weighted by molar-refractivity contribution is -0.187. The van der Waals surface area contributed by atoms with E-state index in [0.717, 1.165) is 0 Å². The quantitative estimate of drug-likeness (QED) is 0.612. The Morgan fingerprint density at radius 3 is 1.33 bits per heavy atom. The molecule has 0 aromatic heterocycles. The average Bonchev–Trinajstić information content (AvgIpc) is 2.60. The van der Waals surface area contributed by atoms with Crippen LogP contribution in [0.1, 0.15) is 41.5 Å². The van der Waals surface area contributed by atoms with Gasteiger partial charge < -0.3 is 0 Å². The molecule has 0 radical (unpaired) electrons. The van der Waals surface area contributed by atoms with Crippen LogP contribution in [0.15, 0.2) is 60.7 Å². The van der Waals surface area contributed by atoms with Crippen molar-refractivity contribution in [1.82, 2.24) is 0 Å². The van der Waals surface area contributed by atoms with E-state index in [1.54, 1.807) is 60.7 Å². The standard InChI is InChI=1S/C14H10O4.C5H9N/c15-13(11-7-3-1-4-8-11)17-18-14(16)12-9-5-2-6-10-12;1-5(2,3)4-6/h1-10H;1-3H3. The number of carbonyl (C=O) groups is 2. The normalized spacial score (nSPS) is 9.75. The van der Waals surface area contributed by atoms with E-state index in [-0.39, 0.29) is 5.41 Å². The molecule has 24 heavy (non-hydrogen) atoms. The van der Waals surface area contributed by atoms with Crippen LogP contribution >= 0.6 is 0 Å². The van der Waals surface area contributed by atoms with Crippen molar-refractivity contribution in [3.05, 3.63) is 71.8 Å². The van der Waals surface area contributed by atoms with Crippen molar-refractivity contribution in [3.63, 3.8) is 0 Å². The van der Waals surface area contributed by atoms with Crippen LogP contribution in [0.25, 0.3) is 0 Å². The maximum atomic E-state index is 11.5. The lowest BCUT2D eigenvalue weighted by Crippen LogP contribution is -2.11. The Kier molecular flexibility index (Phi) is 7.18. The first-order valence-corrected chi connectivity index (χ1v) is 7.28. The maximum Gasteiger partial charge on any atom is 0.386 e. The van der Waals surface area contributed by atoms with Gasteiger partial charge in [0.1, 0.15) is 0 Å². The summed E-state index contributed by atoms with van der Waals surface area (Å²) in [6.07, 6.45) is 0. The predicted octanol–water partition coefficient (Wildman–Crippen LogP) is 4.17. The minimum Gasteiger partial charge on any atom is -0.242 e. The van der Waals surface area contributed by atoms with Gasteiger partial charge in [-0.2, -0.15) is 5.26 Å². The van der Waals surface area contributed by atoms with Gasteiger partial charge in [0, 0.05) is 5.41 Å². The predicted molar refractivity (Wildman–Crippen MR) is 88.8 cm³/mol. The van der Waals surface area contributed by atoms with Crippen LogP contribution in [-0.4, -0.2) is 11.9 Å². The molecule has 0 bridgehead atoms. The van der Waals surface area contributed by atoms with Crippen LogP contribution in [0.5, 0.6) is 0 Å². The first-order valence-electron chi connectivity index (χ1n) is 7.28. The zero-order valence-corrected chi connectivity index (χ0v) is 13.9. The molecule has 0 heterocycles. The molecule has 0 saturated carbocycles. The second kappa shape index (κ2) is 9.11. The van der Waals surface area contributed by atoms with E-state index in [4.69, 9.17) is 5.26 Å². The highest BCUT2D eigenvalue weighted by Crippen LogP contribution is 2.08. The van der Waals surface area contributed by atoms with Crippen molar-refractivity contribution in [2.75, 3.05) is 0 Å². The van der Waals surface area contributed by atoms with Gasteiger partial charge in [0.25, 0.3) is 0 Å². The molecule has 0 N–H and O–H groups in total. The Balaban J connectivity index is 0.000000413. The molecule has 0 aliphatic rings. The molecule has 0 aliphatic heterocycles. The van der Waals surface area contributed by atoms with Gasteiger partial charge in [-0.1, -0.05) is 36.4 Å². The minimum atomic E-state index is -0.708. The first kappa shape index (κ1) is 18.9. The van der Waals surface area contributed by atoms with Gasteiger partial charge >= 0.3 is 11.9 Å². The molecule has 0 spiro atoms. The fourth-order valence-corrected chi connectivity index (χ4v) is 1.32.